The van der Waals surface area contributed by atoms with Crippen molar-refractivity contribution in [2.75, 3.05) is 26.8 Å². The van der Waals surface area contributed by atoms with Gasteiger partial charge in [-0.1, -0.05) is 11.6 Å². The van der Waals surface area contributed by atoms with Crippen LogP contribution in [0.3, 0.4) is 0 Å². The van der Waals surface area contributed by atoms with Crippen LogP contribution in [0, 0.1) is 10.1 Å². The van der Waals surface area contributed by atoms with Crippen LogP contribution in [0.1, 0.15) is 12.5 Å². The van der Waals surface area contributed by atoms with E-state index in [1.165, 1.54) is 17.7 Å². The van der Waals surface area contributed by atoms with Crippen LogP contribution in [0.15, 0.2) is 29.8 Å². The molecule has 98 valence electrons. The Kier molecular flexibility index (Phi) is 6.04. The number of benzene rings is 1. The topological polar surface area (TPSA) is 64.4 Å². The first-order valence-corrected chi connectivity index (χ1v) is 5.75. The minimum absolute atomic E-state index is 0.114. The maximum absolute atomic E-state index is 10.5. The van der Waals surface area contributed by atoms with Gasteiger partial charge in [0.1, 0.15) is 0 Å². The highest BCUT2D eigenvalue weighted by atomic mass is 16.6. The van der Waals surface area contributed by atoms with Crippen LogP contribution in [-0.2, 0) is 4.74 Å². The molecule has 18 heavy (non-hydrogen) atoms. The van der Waals surface area contributed by atoms with Gasteiger partial charge in [0, 0.05) is 32.3 Å². The summed E-state index contributed by atoms with van der Waals surface area (Å²) in [6.45, 7) is 4.29. The van der Waals surface area contributed by atoms with Crippen molar-refractivity contribution in [3.05, 3.63) is 45.5 Å². The summed E-state index contributed by atoms with van der Waals surface area (Å²) in [4.78, 5) is 10.1. The molecule has 0 heterocycles. The average Bonchev–Trinajstić information content (AvgIpc) is 2.35. The molecule has 0 atom stereocenters. The summed E-state index contributed by atoms with van der Waals surface area (Å²) < 4.78 is 4.93. The molecule has 5 nitrogen and oxygen atoms in total. The molecular weight excluding hydrogens is 232 g/mol. The lowest BCUT2D eigenvalue weighted by molar-refractivity contribution is -0.384. The Morgan fingerprint density at radius 2 is 2.11 bits per heavy atom. The zero-order chi connectivity index (χ0) is 13.4. The number of nitro benzene ring substituents is 1. The molecule has 0 aliphatic heterocycles. The first-order chi connectivity index (χ1) is 8.63. The van der Waals surface area contributed by atoms with Crippen molar-refractivity contribution in [3.8, 4) is 0 Å². The quantitative estimate of drug-likeness (QED) is 0.458. The molecule has 1 rings (SSSR count). The molecule has 0 spiro atoms. The average molecular weight is 250 g/mol. The van der Waals surface area contributed by atoms with E-state index in [2.05, 4.69) is 5.32 Å². The predicted molar refractivity (Wildman–Crippen MR) is 71.5 cm³/mol. The van der Waals surface area contributed by atoms with E-state index in [1.807, 2.05) is 13.0 Å². The van der Waals surface area contributed by atoms with E-state index in [0.717, 1.165) is 18.7 Å². The molecule has 1 N–H and O–H groups in total. The Balaban J connectivity index is 2.51. The third kappa shape index (κ3) is 5.07. The van der Waals surface area contributed by atoms with Crippen molar-refractivity contribution in [2.45, 2.75) is 6.92 Å². The minimum atomic E-state index is -0.396. The first kappa shape index (κ1) is 14.3. The van der Waals surface area contributed by atoms with Gasteiger partial charge < -0.3 is 10.1 Å². The van der Waals surface area contributed by atoms with Gasteiger partial charge in [0.15, 0.2) is 0 Å². The number of hydrogen-bond donors (Lipinski definition) is 1. The second-order valence-corrected chi connectivity index (χ2v) is 4.01. The van der Waals surface area contributed by atoms with Gasteiger partial charge in [-0.3, -0.25) is 10.1 Å². The zero-order valence-electron chi connectivity index (χ0n) is 10.7. The smallest absolute Gasteiger partial charge is 0.269 e. The molecule has 0 amide bonds. The van der Waals surface area contributed by atoms with Gasteiger partial charge in [-0.25, -0.2) is 0 Å². The van der Waals surface area contributed by atoms with Crippen molar-refractivity contribution in [3.63, 3.8) is 0 Å². The second kappa shape index (κ2) is 7.58. The molecule has 0 saturated carbocycles. The summed E-state index contributed by atoms with van der Waals surface area (Å²) in [6, 6.07) is 6.52. The van der Waals surface area contributed by atoms with Crippen molar-refractivity contribution in [1.29, 1.82) is 0 Å². The maximum atomic E-state index is 10.5. The number of methoxy groups -OCH3 is 1. The number of non-ortho nitro benzene ring substituents is 1. The molecular formula is C13H18N2O3. The van der Waals surface area contributed by atoms with Gasteiger partial charge in [0.05, 0.1) is 11.5 Å². The summed E-state index contributed by atoms with van der Waals surface area (Å²) in [6.07, 6.45) is 2.00. The molecule has 0 saturated heterocycles. The monoisotopic (exact) mass is 250 g/mol. The number of ether oxygens (including phenoxy) is 1. The molecule has 0 bridgehead atoms. The van der Waals surface area contributed by atoms with E-state index in [0.29, 0.717) is 6.61 Å². The number of nitrogens with one attached hydrogen (secondary N) is 1. The summed E-state index contributed by atoms with van der Waals surface area (Å²) in [5.74, 6) is 0. The molecule has 0 unspecified atom stereocenters. The molecule has 0 fully saturated rings. The van der Waals surface area contributed by atoms with E-state index in [-0.39, 0.29) is 5.69 Å². The Hall–Kier alpha value is -1.72. The Bertz CT molecular complexity index is 413. The van der Waals surface area contributed by atoms with Crippen LogP contribution >= 0.6 is 0 Å². The normalized spacial score (nSPS) is 11.6. The molecule has 0 radical (unpaired) electrons. The lowest BCUT2D eigenvalue weighted by Gasteiger charge is -2.04. The van der Waals surface area contributed by atoms with Crippen LogP contribution in [-0.4, -0.2) is 31.7 Å². The second-order valence-electron chi connectivity index (χ2n) is 4.01. The maximum Gasteiger partial charge on any atom is 0.269 e. The fourth-order valence-electron chi connectivity index (χ4n) is 1.49. The van der Waals surface area contributed by atoms with Gasteiger partial charge in [-0.05, 0) is 24.6 Å². The summed E-state index contributed by atoms with van der Waals surface area (Å²) in [7, 11) is 1.67. The van der Waals surface area contributed by atoms with E-state index < -0.39 is 4.92 Å². The molecule has 5 heteroatoms. The molecule has 0 aliphatic carbocycles. The minimum Gasteiger partial charge on any atom is -0.383 e. The summed E-state index contributed by atoms with van der Waals surface area (Å²) >= 11 is 0. The third-order valence-corrected chi connectivity index (χ3v) is 2.40. The first-order valence-electron chi connectivity index (χ1n) is 5.75. The Morgan fingerprint density at radius 1 is 1.44 bits per heavy atom. The summed E-state index contributed by atoms with van der Waals surface area (Å²) in [5, 5.41) is 13.7. The number of nitro groups is 1. The van der Waals surface area contributed by atoms with Crippen LogP contribution in [0.25, 0.3) is 6.08 Å². The van der Waals surface area contributed by atoms with E-state index in [9.17, 15) is 10.1 Å². The molecule has 1 aromatic carbocycles. The number of nitrogens with zero attached hydrogens (tertiary/aromatic N) is 1. The lowest BCUT2D eigenvalue weighted by Crippen LogP contribution is -2.20. The fourth-order valence-corrected chi connectivity index (χ4v) is 1.49. The SMILES string of the molecule is COCCNCC(C)=Cc1ccc([N+](=O)[O-])cc1. The Morgan fingerprint density at radius 3 is 2.67 bits per heavy atom. The summed E-state index contributed by atoms with van der Waals surface area (Å²) in [5.41, 5.74) is 2.25. The molecule has 1 aromatic rings. The largest absolute Gasteiger partial charge is 0.383 e. The lowest BCUT2D eigenvalue weighted by atomic mass is 10.1. The zero-order valence-corrected chi connectivity index (χ0v) is 10.7. The van der Waals surface area contributed by atoms with Crippen molar-refractivity contribution in [2.24, 2.45) is 0 Å². The predicted octanol–water partition coefficient (Wildman–Crippen LogP) is 2.23. The van der Waals surface area contributed by atoms with E-state index in [1.54, 1.807) is 19.2 Å². The van der Waals surface area contributed by atoms with Crippen molar-refractivity contribution >= 4 is 11.8 Å². The van der Waals surface area contributed by atoms with E-state index in [4.69, 9.17) is 4.74 Å². The van der Waals surface area contributed by atoms with Crippen molar-refractivity contribution in [1.82, 2.24) is 5.32 Å². The van der Waals surface area contributed by atoms with Gasteiger partial charge >= 0.3 is 0 Å². The van der Waals surface area contributed by atoms with E-state index >= 15 is 0 Å². The highest BCUT2D eigenvalue weighted by Crippen LogP contribution is 2.13. The third-order valence-electron chi connectivity index (χ3n) is 2.40. The molecule has 0 aliphatic rings. The van der Waals surface area contributed by atoms with Crippen LogP contribution < -0.4 is 5.32 Å². The van der Waals surface area contributed by atoms with Gasteiger partial charge in [0.2, 0.25) is 0 Å². The highest BCUT2D eigenvalue weighted by molar-refractivity contribution is 5.54. The standard InChI is InChI=1S/C13H18N2O3/c1-11(10-14-7-8-18-2)9-12-3-5-13(6-4-12)15(16)17/h3-6,9,14H,7-8,10H2,1-2H3. The molecule has 0 aromatic heterocycles. The highest BCUT2D eigenvalue weighted by Gasteiger charge is 2.02. The van der Waals surface area contributed by atoms with Gasteiger partial charge in [0.25, 0.3) is 5.69 Å². The van der Waals surface area contributed by atoms with Crippen LogP contribution in [0.2, 0.25) is 0 Å². The fraction of sp³-hybridized carbons (Fsp3) is 0.385. The van der Waals surface area contributed by atoms with Crippen LogP contribution in [0.4, 0.5) is 5.69 Å². The van der Waals surface area contributed by atoms with Gasteiger partial charge in [-0.15, -0.1) is 0 Å². The van der Waals surface area contributed by atoms with Crippen molar-refractivity contribution < 1.29 is 9.66 Å². The van der Waals surface area contributed by atoms with Gasteiger partial charge in [-0.2, -0.15) is 0 Å². The van der Waals surface area contributed by atoms with Crippen LogP contribution in [0.5, 0.6) is 0 Å². The number of hydrogen-bond acceptors (Lipinski definition) is 4. The number of rotatable bonds is 7. The Labute approximate surface area is 107 Å².